The molecule has 112 valence electrons. The molecule has 2 rings (SSSR count). The van der Waals surface area contributed by atoms with Gasteiger partial charge in [0.1, 0.15) is 0 Å². The first-order valence-electron chi connectivity index (χ1n) is 8.12. The number of rotatable bonds is 4. The van der Waals surface area contributed by atoms with E-state index in [0.717, 1.165) is 19.5 Å². The number of nitrogens with zero attached hydrogens (tertiary/aromatic N) is 1. The summed E-state index contributed by atoms with van der Waals surface area (Å²) in [5.74, 6) is 1.35. The van der Waals surface area contributed by atoms with Gasteiger partial charge < -0.3 is 10.2 Å². The van der Waals surface area contributed by atoms with Crippen molar-refractivity contribution in [3.63, 3.8) is 0 Å². The molecule has 0 aliphatic carbocycles. The number of benzene rings is 1. The van der Waals surface area contributed by atoms with Crippen LogP contribution < -0.4 is 10.2 Å². The van der Waals surface area contributed by atoms with Gasteiger partial charge in [0.2, 0.25) is 0 Å². The molecule has 0 bridgehead atoms. The highest BCUT2D eigenvalue weighted by Crippen LogP contribution is 2.28. The standard InChI is InChI=1S/C18H30N2/c1-6-15-9-7-8-10-17(15)20-12-16(13(2)3)19-11-18(20)14(4)5/h7-10,13-14,16,18-19H,6,11-12H2,1-5H3. The fourth-order valence-corrected chi connectivity index (χ4v) is 3.20. The van der Waals surface area contributed by atoms with Crippen LogP contribution in [-0.2, 0) is 6.42 Å². The van der Waals surface area contributed by atoms with Crippen molar-refractivity contribution in [2.24, 2.45) is 11.8 Å². The van der Waals surface area contributed by atoms with Crippen molar-refractivity contribution in [2.75, 3.05) is 18.0 Å². The maximum absolute atomic E-state index is 3.75. The van der Waals surface area contributed by atoms with Crippen LogP contribution in [0.2, 0.25) is 0 Å². The monoisotopic (exact) mass is 274 g/mol. The third-order valence-electron chi connectivity index (χ3n) is 4.64. The predicted molar refractivity (Wildman–Crippen MR) is 88.4 cm³/mol. The summed E-state index contributed by atoms with van der Waals surface area (Å²) in [6.45, 7) is 13.8. The van der Waals surface area contributed by atoms with E-state index in [1.165, 1.54) is 11.3 Å². The molecule has 1 N–H and O–H groups in total. The highest BCUT2D eigenvalue weighted by atomic mass is 15.2. The number of nitrogens with one attached hydrogen (secondary N) is 1. The van der Waals surface area contributed by atoms with Crippen LogP contribution in [0.5, 0.6) is 0 Å². The van der Waals surface area contributed by atoms with Crippen molar-refractivity contribution in [2.45, 2.75) is 53.1 Å². The van der Waals surface area contributed by atoms with Crippen molar-refractivity contribution in [3.05, 3.63) is 29.8 Å². The lowest BCUT2D eigenvalue weighted by Gasteiger charge is -2.45. The quantitative estimate of drug-likeness (QED) is 0.900. The highest BCUT2D eigenvalue weighted by molar-refractivity contribution is 5.55. The molecule has 1 fully saturated rings. The lowest BCUT2D eigenvalue weighted by atomic mass is 9.92. The maximum Gasteiger partial charge on any atom is 0.0438 e. The topological polar surface area (TPSA) is 15.3 Å². The molecule has 1 aliphatic heterocycles. The van der Waals surface area contributed by atoms with Crippen LogP contribution in [0.15, 0.2) is 24.3 Å². The van der Waals surface area contributed by atoms with Gasteiger partial charge in [-0.1, -0.05) is 52.8 Å². The summed E-state index contributed by atoms with van der Waals surface area (Å²) in [4.78, 5) is 2.66. The van der Waals surface area contributed by atoms with Crippen LogP contribution in [-0.4, -0.2) is 25.2 Å². The first-order valence-corrected chi connectivity index (χ1v) is 8.12. The number of aryl methyl sites for hydroxylation is 1. The predicted octanol–water partition coefficient (Wildman–Crippen LogP) is 3.71. The summed E-state index contributed by atoms with van der Waals surface area (Å²) in [5.41, 5.74) is 2.92. The third-order valence-corrected chi connectivity index (χ3v) is 4.64. The number of hydrogen-bond donors (Lipinski definition) is 1. The van der Waals surface area contributed by atoms with Crippen molar-refractivity contribution in [1.82, 2.24) is 5.32 Å². The molecule has 1 aromatic rings. The Hall–Kier alpha value is -1.02. The molecule has 0 aromatic heterocycles. The number of piperazine rings is 1. The minimum absolute atomic E-state index is 0.593. The number of para-hydroxylation sites is 1. The summed E-state index contributed by atoms with van der Waals surface area (Å²) in [6, 6.07) is 10.1. The maximum atomic E-state index is 3.75. The molecule has 2 atom stereocenters. The Bertz CT molecular complexity index is 425. The lowest BCUT2D eigenvalue weighted by Crippen LogP contribution is -2.60. The van der Waals surface area contributed by atoms with E-state index >= 15 is 0 Å². The minimum Gasteiger partial charge on any atom is -0.365 e. The third kappa shape index (κ3) is 3.17. The van der Waals surface area contributed by atoms with Crippen LogP contribution in [0.25, 0.3) is 0 Å². The van der Waals surface area contributed by atoms with E-state index in [4.69, 9.17) is 0 Å². The molecular formula is C18H30N2. The molecule has 0 amide bonds. The van der Waals surface area contributed by atoms with Crippen molar-refractivity contribution in [3.8, 4) is 0 Å². The first kappa shape index (κ1) is 15.4. The van der Waals surface area contributed by atoms with Gasteiger partial charge in [-0.25, -0.2) is 0 Å². The van der Waals surface area contributed by atoms with Gasteiger partial charge in [0.25, 0.3) is 0 Å². The molecule has 1 saturated heterocycles. The summed E-state index contributed by atoms with van der Waals surface area (Å²) in [7, 11) is 0. The molecular weight excluding hydrogens is 244 g/mol. The van der Waals surface area contributed by atoms with Gasteiger partial charge >= 0.3 is 0 Å². The van der Waals surface area contributed by atoms with Crippen molar-refractivity contribution in [1.29, 1.82) is 0 Å². The Morgan fingerprint density at radius 3 is 2.45 bits per heavy atom. The van der Waals surface area contributed by atoms with Gasteiger partial charge in [-0.05, 0) is 29.9 Å². The molecule has 1 aliphatic rings. The second-order valence-electron chi connectivity index (χ2n) is 6.70. The number of anilines is 1. The Balaban J connectivity index is 2.31. The fourth-order valence-electron chi connectivity index (χ4n) is 3.20. The summed E-state index contributed by atoms with van der Waals surface area (Å²) in [5, 5.41) is 3.75. The Kier molecular flexibility index (Phi) is 5.09. The second-order valence-corrected chi connectivity index (χ2v) is 6.70. The molecule has 0 saturated carbocycles. The van der Waals surface area contributed by atoms with Gasteiger partial charge in [-0.15, -0.1) is 0 Å². The second kappa shape index (κ2) is 6.62. The van der Waals surface area contributed by atoms with Gasteiger partial charge in [0, 0.05) is 30.9 Å². The SMILES string of the molecule is CCc1ccccc1N1CC(C(C)C)NCC1C(C)C. The van der Waals surface area contributed by atoms with E-state index in [1.54, 1.807) is 0 Å². The van der Waals surface area contributed by atoms with E-state index in [-0.39, 0.29) is 0 Å². The van der Waals surface area contributed by atoms with Gasteiger partial charge in [0.05, 0.1) is 0 Å². The van der Waals surface area contributed by atoms with E-state index in [2.05, 4.69) is 69.1 Å². The van der Waals surface area contributed by atoms with Crippen LogP contribution in [0.4, 0.5) is 5.69 Å². The molecule has 1 heterocycles. The van der Waals surface area contributed by atoms with Crippen LogP contribution in [0, 0.1) is 11.8 Å². The molecule has 0 radical (unpaired) electrons. The van der Waals surface area contributed by atoms with Crippen molar-refractivity contribution < 1.29 is 0 Å². The van der Waals surface area contributed by atoms with Gasteiger partial charge in [-0.2, -0.15) is 0 Å². The van der Waals surface area contributed by atoms with E-state index in [9.17, 15) is 0 Å². The van der Waals surface area contributed by atoms with Gasteiger partial charge in [-0.3, -0.25) is 0 Å². The molecule has 2 unspecified atom stereocenters. The normalized spacial score (nSPS) is 23.6. The molecule has 0 spiro atoms. The van der Waals surface area contributed by atoms with E-state index < -0.39 is 0 Å². The fraction of sp³-hybridized carbons (Fsp3) is 0.667. The Morgan fingerprint density at radius 1 is 1.15 bits per heavy atom. The molecule has 2 heteroatoms. The summed E-state index contributed by atoms with van der Waals surface area (Å²) >= 11 is 0. The summed E-state index contributed by atoms with van der Waals surface area (Å²) < 4.78 is 0. The zero-order valence-corrected chi connectivity index (χ0v) is 13.7. The smallest absolute Gasteiger partial charge is 0.0438 e. The zero-order chi connectivity index (χ0) is 14.7. The first-order chi connectivity index (χ1) is 9.54. The molecule has 20 heavy (non-hydrogen) atoms. The Labute approximate surface area is 124 Å². The van der Waals surface area contributed by atoms with Crippen LogP contribution >= 0.6 is 0 Å². The Morgan fingerprint density at radius 2 is 1.85 bits per heavy atom. The lowest BCUT2D eigenvalue weighted by molar-refractivity contribution is 0.295. The van der Waals surface area contributed by atoms with Gasteiger partial charge in [0.15, 0.2) is 0 Å². The average Bonchev–Trinajstić information content (AvgIpc) is 2.46. The van der Waals surface area contributed by atoms with E-state index in [0.29, 0.717) is 23.9 Å². The average molecular weight is 274 g/mol. The summed E-state index contributed by atoms with van der Waals surface area (Å²) in [6.07, 6.45) is 1.11. The minimum atomic E-state index is 0.593. The van der Waals surface area contributed by atoms with E-state index in [1.807, 2.05) is 0 Å². The molecule has 2 nitrogen and oxygen atoms in total. The molecule has 1 aromatic carbocycles. The number of hydrogen-bond acceptors (Lipinski definition) is 2. The zero-order valence-electron chi connectivity index (χ0n) is 13.7. The van der Waals surface area contributed by atoms with Crippen LogP contribution in [0.3, 0.4) is 0 Å². The van der Waals surface area contributed by atoms with Crippen molar-refractivity contribution >= 4 is 5.69 Å². The highest BCUT2D eigenvalue weighted by Gasteiger charge is 2.31. The largest absolute Gasteiger partial charge is 0.365 e. The van der Waals surface area contributed by atoms with Crippen LogP contribution in [0.1, 0.15) is 40.2 Å².